The van der Waals surface area contributed by atoms with E-state index in [9.17, 15) is 9.00 Å². The third-order valence-electron chi connectivity index (χ3n) is 2.00. The van der Waals surface area contributed by atoms with E-state index < -0.39 is 9.83 Å². The van der Waals surface area contributed by atoms with E-state index in [0.29, 0.717) is 16.9 Å². The molecule has 4 heteroatoms. The molecule has 14 heavy (non-hydrogen) atoms. The third kappa shape index (κ3) is 1.44. The Morgan fingerprint density at radius 2 is 2.29 bits per heavy atom. The predicted octanol–water partition coefficient (Wildman–Crippen LogP) is 2.32. The largest absolute Gasteiger partial charge is 0.280 e. The second-order valence-corrected chi connectivity index (χ2v) is 5.72. The molecule has 0 spiro atoms. The van der Waals surface area contributed by atoms with Crippen LogP contribution in [0.5, 0.6) is 0 Å². The van der Waals surface area contributed by atoms with Crippen LogP contribution in [0.25, 0.3) is 0 Å². The van der Waals surface area contributed by atoms with Crippen molar-refractivity contribution >= 4 is 25.7 Å². The maximum absolute atomic E-state index is 11.6. The number of benzene rings is 1. The molecule has 0 amide bonds. The smallest absolute Gasteiger partial charge is 0.233 e. The summed E-state index contributed by atoms with van der Waals surface area (Å²) in [5, 5.41) is -0.0933. The first-order valence-corrected chi connectivity index (χ1v) is 6.59. The summed E-state index contributed by atoms with van der Waals surface area (Å²) in [6.07, 6.45) is 2.41. The van der Waals surface area contributed by atoms with Gasteiger partial charge in [0.25, 0.3) is 0 Å². The number of hydrogen-bond donors (Lipinski definition) is 0. The molecule has 0 aliphatic carbocycles. The maximum Gasteiger partial charge on any atom is 0.233 e. The van der Waals surface area contributed by atoms with E-state index in [1.54, 1.807) is 12.1 Å². The molecule has 1 unspecified atom stereocenters. The Balaban J connectivity index is 2.61. The number of carbonyl (C=O) groups excluding carboxylic acids is 1. The van der Waals surface area contributed by atoms with Crippen LogP contribution >= 0.6 is 10.8 Å². The van der Waals surface area contributed by atoms with Gasteiger partial charge in [-0.2, -0.15) is 0 Å². The zero-order valence-electron chi connectivity index (χ0n) is 7.36. The Kier molecular flexibility index (Phi) is 2.56. The molecule has 0 fully saturated rings. The second-order valence-electron chi connectivity index (χ2n) is 2.89. The predicted molar refractivity (Wildman–Crippen MR) is 58.7 cm³/mol. The van der Waals surface area contributed by atoms with Gasteiger partial charge in [-0.05, 0) is 18.1 Å². The zero-order chi connectivity index (χ0) is 10.1. The molecule has 2 nitrogen and oxygen atoms in total. The highest BCUT2D eigenvalue weighted by Crippen LogP contribution is 2.36. The van der Waals surface area contributed by atoms with Crippen LogP contribution in [0.2, 0.25) is 0 Å². The molecule has 72 valence electrons. The average molecular weight is 224 g/mol. The Hall–Kier alpha value is -0.870. The topological polar surface area (TPSA) is 34.1 Å². The molecule has 1 aliphatic rings. The minimum absolute atomic E-state index is 0.0933. The normalized spacial score (nSPS) is 19.4. The van der Waals surface area contributed by atoms with Crippen molar-refractivity contribution in [3.05, 3.63) is 42.0 Å². The lowest BCUT2D eigenvalue weighted by Gasteiger charge is -2.01. The van der Waals surface area contributed by atoms with Gasteiger partial charge in [-0.15, -0.1) is 6.58 Å². The van der Waals surface area contributed by atoms with Crippen molar-refractivity contribution in [1.82, 2.24) is 0 Å². The summed E-state index contributed by atoms with van der Waals surface area (Å²) in [5.41, 5.74) is 1.53. The fourth-order valence-electron chi connectivity index (χ4n) is 1.41. The molecule has 1 aliphatic heterocycles. The fourth-order valence-corrected chi connectivity index (χ4v) is 4.19. The van der Waals surface area contributed by atoms with E-state index in [1.165, 1.54) is 0 Å². The SMILES string of the molecule is C=CCc1cccc2c1S(=O)SC2=O. The Bertz CT molecular complexity index is 438. The Morgan fingerprint density at radius 1 is 1.50 bits per heavy atom. The number of allylic oxidation sites excluding steroid dienone is 1. The van der Waals surface area contributed by atoms with Crippen molar-refractivity contribution in [3.8, 4) is 0 Å². The summed E-state index contributed by atoms with van der Waals surface area (Å²) in [7, 11) is -0.333. The van der Waals surface area contributed by atoms with Gasteiger partial charge in [0.2, 0.25) is 5.12 Å². The minimum atomic E-state index is -1.22. The molecule has 1 aromatic rings. The van der Waals surface area contributed by atoms with Gasteiger partial charge in [0, 0.05) is 16.4 Å². The van der Waals surface area contributed by atoms with Crippen LogP contribution in [0.3, 0.4) is 0 Å². The van der Waals surface area contributed by atoms with Crippen LogP contribution in [0.15, 0.2) is 35.7 Å². The first-order chi connectivity index (χ1) is 6.74. The molecular formula is C10H8O2S2. The summed E-state index contributed by atoms with van der Waals surface area (Å²) < 4.78 is 11.6. The lowest BCUT2D eigenvalue weighted by molar-refractivity contribution is 0.108. The molecule has 0 N–H and O–H groups in total. The number of carbonyl (C=O) groups is 1. The molecular weight excluding hydrogens is 216 g/mol. The molecule has 0 saturated heterocycles. The first kappa shape index (κ1) is 9.68. The molecule has 0 saturated carbocycles. The molecule has 1 aromatic carbocycles. The highest BCUT2D eigenvalue weighted by molar-refractivity contribution is 8.76. The van der Waals surface area contributed by atoms with E-state index in [1.807, 2.05) is 12.1 Å². The summed E-state index contributed by atoms with van der Waals surface area (Å²) in [6, 6.07) is 5.43. The van der Waals surface area contributed by atoms with Gasteiger partial charge in [0.05, 0.1) is 4.90 Å². The van der Waals surface area contributed by atoms with E-state index >= 15 is 0 Å². The molecule has 0 radical (unpaired) electrons. The summed E-state index contributed by atoms with van der Waals surface area (Å²) in [5.74, 6) is 0. The molecule has 1 heterocycles. The van der Waals surface area contributed by atoms with Crippen LogP contribution in [-0.2, 0) is 16.3 Å². The number of fused-ring (bicyclic) bond motifs is 1. The Morgan fingerprint density at radius 3 is 3.00 bits per heavy atom. The van der Waals surface area contributed by atoms with Crippen LogP contribution < -0.4 is 0 Å². The lowest BCUT2D eigenvalue weighted by atomic mass is 10.1. The molecule has 0 bridgehead atoms. The van der Waals surface area contributed by atoms with Gasteiger partial charge >= 0.3 is 0 Å². The van der Waals surface area contributed by atoms with Crippen molar-refractivity contribution in [2.45, 2.75) is 11.3 Å². The quantitative estimate of drug-likeness (QED) is 0.571. The van der Waals surface area contributed by atoms with E-state index in [0.717, 1.165) is 16.4 Å². The summed E-state index contributed by atoms with van der Waals surface area (Å²) in [4.78, 5) is 12.1. The number of hydrogen-bond acceptors (Lipinski definition) is 3. The van der Waals surface area contributed by atoms with Crippen molar-refractivity contribution in [2.24, 2.45) is 0 Å². The number of rotatable bonds is 2. The minimum Gasteiger partial charge on any atom is -0.280 e. The Labute approximate surface area is 88.3 Å². The van der Waals surface area contributed by atoms with E-state index in [-0.39, 0.29) is 5.12 Å². The fraction of sp³-hybridized carbons (Fsp3) is 0.100. The highest BCUT2D eigenvalue weighted by Gasteiger charge is 2.29. The van der Waals surface area contributed by atoms with Crippen molar-refractivity contribution in [1.29, 1.82) is 0 Å². The van der Waals surface area contributed by atoms with E-state index in [4.69, 9.17) is 0 Å². The van der Waals surface area contributed by atoms with E-state index in [2.05, 4.69) is 6.58 Å². The van der Waals surface area contributed by atoms with Crippen LogP contribution in [-0.4, -0.2) is 9.32 Å². The van der Waals surface area contributed by atoms with Crippen molar-refractivity contribution in [2.75, 3.05) is 0 Å². The van der Waals surface area contributed by atoms with Crippen LogP contribution in [0.4, 0.5) is 0 Å². The van der Waals surface area contributed by atoms with Crippen LogP contribution in [0.1, 0.15) is 15.9 Å². The van der Waals surface area contributed by atoms with Crippen LogP contribution in [0, 0.1) is 0 Å². The first-order valence-electron chi connectivity index (χ1n) is 4.11. The average Bonchev–Trinajstić information content (AvgIpc) is 2.44. The monoisotopic (exact) mass is 224 g/mol. The van der Waals surface area contributed by atoms with Gasteiger partial charge in [-0.1, -0.05) is 18.2 Å². The van der Waals surface area contributed by atoms with Gasteiger partial charge in [0.15, 0.2) is 0 Å². The third-order valence-corrected chi connectivity index (χ3v) is 4.75. The second kappa shape index (κ2) is 3.71. The van der Waals surface area contributed by atoms with Crippen molar-refractivity contribution < 1.29 is 9.00 Å². The standard InChI is InChI=1S/C10H8O2S2/c1-2-4-7-5-3-6-8-9(7)14(12)13-10(8)11/h2-3,5-6H,1,4H2. The molecule has 2 rings (SSSR count). The van der Waals surface area contributed by atoms with Gasteiger partial charge in [0.1, 0.15) is 9.83 Å². The van der Waals surface area contributed by atoms with Gasteiger partial charge < -0.3 is 0 Å². The van der Waals surface area contributed by atoms with Crippen molar-refractivity contribution in [3.63, 3.8) is 0 Å². The molecule has 1 atom stereocenters. The van der Waals surface area contributed by atoms with Gasteiger partial charge in [-0.3, -0.25) is 4.79 Å². The molecule has 0 aromatic heterocycles. The maximum atomic E-state index is 11.6. The lowest BCUT2D eigenvalue weighted by Crippen LogP contribution is -1.93. The zero-order valence-corrected chi connectivity index (χ0v) is 8.99. The summed E-state index contributed by atoms with van der Waals surface area (Å²) in [6.45, 7) is 3.63. The van der Waals surface area contributed by atoms with Gasteiger partial charge in [-0.25, -0.2) is 4.21 Å². The highest BCUT2D eigenvalue weighted by atomic mass is 33.1. The summed E-state index contributed by atoms with van der Waals surface area (Å²) >= 11 is 0.